The second-order valence-electron chi connectivity index (χ2n) is 4.21. The van der Waals surface area contributed by atoms with Crippen LogP contribution < -0.4 is 16.6 Å². The van der Waals surface area contributed by atoms with Gasteiger partial charge in [-0.05, 0) is 32.0 Å². The van der Waals surface area contributed by atoms with E-state index in [0.717, 1.165) is 5.76 Å². The van der Waals surface area contributed by atoms with Gasteiger partial charge in [0, 0.05) is 6.20 Å². The van der Waals surface area contributed by atoms with Gasteiger partial charge in [-0.3, -0.25) is 15.6 Å². The van der Waals surface area contributed by atoms with Crippen molar-refractivity contribution < 1.29 is 9.21 Å². The highest BCUT2D eigenvalue weighted by Gasteiger charge is 2.16. The van der Waals surface area contributed by atoms with Crippen LogP contribution in [-0.2, 0) is 0 Å². The molecule has 0 radical (unpaired) electrons. The maximum atomic E-state index is 12.1. The number of nitrogens with one attached hydrogen (secondary N) is 2. The van der Waals surface area contributed by atoms with Gasteiger partial charge in [0.05, 0.1) is 23.5 Å². The fourth-order valence-corrected chi connectivity index (χ4v) is 1.74. The Labute approximate surface area is 111 Å². The smallest absolute Gasteiger partial charge is 0.254 e. The maximum absolute atomic E-state index is 12.1. The number of aromatic nitrogens is 1. The second-order valence-corrected chi connectivity index (χ2v) is 4.21. The first-order valence-corrected chi connectivity index (χ1v) is 5.89. The number of carbonyl (C=O) groups excluding carboxylic acids is 1. The fraction of sp³-hybridized carbons (Fsp3) is 0.231. The lowest BCUT2D eigenvalue weighted by Gasteiger charge is -2.13. The number of nitrogen functional groups attached to an aromatic ring is 1. The summed E-state index contributed by atoms with van der Waals surface area (Å²) in [6.45, 7) is 3.71. The van der Waals surface area contributed by atoms with Crippen LogP contribution in [0.15, 0.2) is 35.0 Å². The Hall–Kier alpha value is -2.34. The van der Waals surface area contributed by atoms with Crippen LogP contribution in [0.1, 0.15) is 34.8 Å². The molecule has 6 nitrogen and oxygen atoms in total. The number of carbonyl (C=O) groups is 1. The molecule has 2 aromatic rings. The molecule has 1 unspecified atom stereocenters. The maximum Gasteiger partial charge on any atom is 0.254 e. The van der Waals surface area contributed by atoms with E-state index < -0.39 is 0 Å². The molecule has 6 heteroatoms. The van der Waals surface area contributed by atoms with Gasteiger partial charge in [-0.2, -0.15) is 0 Å². The molecular formula is C13H16N4O2. The number of amides is 1. The van der Waals surface area contributed by atoms with Gasteiger partial charge in [-0.25, -0.2) is 0 Å². The number of nitrogens with two attached hydrogens (primary N) is 1. The fourth-order valence-electron chi connectivity index (χ4n) is 1.74. The summed E-state index contributed by atoms with van der Waals surface area (Å²) in [5.74, 6) is 6.63. The zero-order valence-electron chi connectivity index (χ0n) is 10.8. The molecule has 19 heavy (non-hydrogen) atoms. The molecule has 1 amide bonds. The first kappa shape index (κ1) is 13.1. The van der Waals surface area contributed by atoms with Crippen LogP contribution in [0.5, 0.6) is 0 Å². The van der Waals surface area contributed by atoms with Crippen molar-refractivity contribution in [2.24, 2.45) is 5.84 Å². The van der Waals surface area contributed by atoms with Crippen LogP contribution in [0.25, 0.3) is 0 Å². The number of nitrogens with zero attached hydrogens (tertiary/aromatic N) is 1. The molecule has 100 valence electrons. The Balaban J connectivity index is 2.12. The molecule has 0 aromatic carbocycles. The van der Waals surface area contributed by atoms with Gasteiger partial charge < -0.3 is 15.2 Å². The van der Waals surface area contributed by atoms with Crippen LogP contribution in [0.2, 0.25) is 0 Å². The molecule has 0 aliphatic carbocycles. The number of pyridine rings is 1. The van der Waals surface area contributed by atoms with Gasteiger partial charge in [0.2, 0.25) is 0 Å². The molecule has 0 saturated carbocycles. The lowest BCUT2D eigenvalue weighted by Crippen LogP contribution is -2.27. The summed E-state index contributed by atoms with van der Waals surface area (Å²) in [6, 6.07) is 5.08. The number of hydrogen-bond donors (Lipinski definition) is 3. The van der Waals surface area contributed by atoms with Gasteiger partial charge in [-0.1, -0.05) is 0 Å². The summed E-state index contributed by atoms with van der Waals surface area (Å²) < 4.78 is 5.47. The Morgan fingerprint density at radius 1 is 1.42 bits per heavy atom. The normalized spacial score (nSPS) is 11.9. The van der Waals surface area contributed by atoms with Gasteiger partial charge in [0.25, 0.3) is 5.91 Å². The third-order valence-corrected chi connectivity index (χ3v) is 2.76. The number of furan rings is 1. The summed E-state index contributed by atoms with van der Waals surface area (Å²) in [6.07, 6.45) is 3.04. The van der Waals surface area contributed by atoms with Crippen molar-refractivity contribution in [3.63, 3.8) is 0 Å². The first-order chi connectivity index (χ1) is 9.11. The quantitative estimate of drug-likeness (QED) is 0.575. The molecule has 0 aliphatic heterocycles. The summed E-state index contributed by atoms with van der Waals surface area (Å²) in [5, 5.41) is 2.84. The highest BCUT2D eigenvalue weighted by Crippen LogP contribution is 2.18. The molecule has 0 spiro atoms. The van der Waals surface area contributed by atoms with Crippen molar-refractivity contribution in [1.82, 2.24) is 10.3 Å². The van der Waals surface area contributed by atoms with E-state index in [1.165, 1.54) is 12.4 Å². The number of anilines is 1. The molecule has 0 bridgehead atoms. The topological polar surface area (TPSA) is 93.2 Å². The van der Waals surface area contributed by atoms with E-state index in [1.807, 2.05) is 26.0 Å². The second kappa shape index (κ2) is 5.53. The number of hydrogen-bond acceptors (Lipinski definition) is 5. The number of hydrazine groups is 1. The Bertz CT molecular complexity index is 580. The van der Waals surface area contributed by atoms with E-state index >= 15 is 0 Å². The monoisotopic (exact) mass is 260 g/mol. The average Bonchev–Trinajstić information content (AvgIpc) is 2.85. The average molecular weight is 260 g/mol. The van der Waals surface area contributed by atoms with Crippen LogP contribution in [0.4, 0.5) is 5.69 Å². The first-order valence-electron chi connectivity index (χ1n) is 5.89. The molecular weight excluding hydrogens is 244 g/mol. The zero-order chi connectivity index (χ0) is 13.8. The predicted octanol–water partition coefficient (Wildman–Crippen LogP) is 1.76. The van der Waals surface area contributed by atoms with E-state index in [2.05, 4.69) is 15.7 Å². The molecule has 0 saturated heterocycles. The van der Waals surface area contributed by atoms with Crippen LogP contribution in [0.3, 0.4) is 0 Å². The molecule has 4 N–H and O–H groups in total. The van der Waals surface area contributed by atoms with Gasteiger partial charge in [0.15, 0.2) is 0 Å². The van der Waals surface area contributed by atoms with E-state index in [-0.39, 0.29) is 11.9 Å². The summed E-state index contributed by atoms with van der Waals surface area (Å²) in [5.41, 5.74) is 3.36. The predicted molar refractivity (Wildman–Crippen MR) is 71.4 cm³/mol. The third kappa shape index (κ3) is 2.92. The molecule has 2 rings (SSSR count). The van der Waals surface area contributed by atoms with Crippen LogP contribution in [-0.4, -0.2) is 10.9 Å². The van der Waals surface area contributed by atoms with Crippen molar-refractivity contribution in [2.75, 3.05) is 5.43 Å². The van der Waals surface area contributed by atoms with Crippen molar-refractivity contribution in [3.05, 3.63) is 47.7 Å². The van der Waals surface area contributed by atoms with Gasteiger partial charge >= 0.3 is 0 Å². The Kier molecular flexibility index (Phi) is 3.82. The number of aryl methyl sites for hydroxylation is 1. The van der Waals surface area contributed by atoms with Crippen molar-refractivity contribution >= 4 is 11.6 Å². The van der Waals surface area contributed by atoms with E-state index in [0.29, 0.717) is 17.0 Å². The number of rotatable bonds is 4. The van der Waals surface area contributed by atoms with E-state index in [9.17, 15) is 4.79 Å². The standard InChI is InChI=1S/C13H16N4O2/c1-8-3-4-12(19-8)9(2)16-13(18)10-5-6-15-7-11(10)17-14/h3-7,9,17H,14H2,1-2H3,(H,16,18). The van der Waals surface area contributed by atoms with Crippen molar-refractivity contribution in [2.45, 2.75) is 19.9 Å². The lowest BCUT2D eigenvalue weighted by molar-refractivity contribution is 0.0936. The van der Waals surface area contributed by atoms with E-state index in [1.54, 1.807) is 6.07 Å². The highest BCUT2D eigenvalue weighted by atomic mass is 16.3. The largest absolute Gasteiger partial charge is 0.464 e. The SMILES string of the molecule is Cc1ccc(C(C)NC(=O)c2ccncc2NN)o1. The molecule has 0 aliphatic rings. The molecule has 1 atom stereocenters. The summed E-state index contributed by atoms with van der Waals surface area (Å²) >= 11 is 0. The van der Waals surface area contributed by atoms with Crippen LogP contribution in [0, 0.1) is 6.92 Å². The minimum Gasteiger partial charge on any atom is -0.464 e. The highest BCUT2D eigenvalue weighted by molar-refractivity contribution is 5.99. The molecule has 2 aromatic heterocycles. The third-order valence-electron chi connectivity index (χ3n) is 2.76. The minimum absolute atomic E-state index is 0.222. The van der Waals surface area contributed by atoms with E-state index in [4.69, 9.17) is 10.3 Å². The van der Waals surface area contributed by atoms with Crippen LogP contribution >= 0.6 is 0 Å². The Morgan fingerprint density at radius 2 is 2.21 bits per heavy atom. The Morgan fingerprint density at radius 3 is 2.84 bits per heavy atom. The van der Waals surface area contributed by atoms with Gasteiger partial charge in [-0.15, -0.1) is 0 Å². The van der Waals surface area contributed by atoms with Crippen molar-refractivity contribution in [3.8, 4) is 0 Å². The lowest BCUT2D eigenvalue weighted by atomic mass is 10.2. The molecule has 2 heterocycles. The van der Waals surface area contributed by atoms with Crippen molar-refractivity contribution in [1.29, 1.82) is 0 Å². The van der Waals surface area contributed by atoms with Gasteiger partial charge in [0.1, 0.15) is 11.5 Å². The minimum atomic E-state index is -0.239. The summed E-state index contributed by atoms with van der Waals surface area (Å²) in [7, 11) is 0. The molecule has 0 fully saturated rings. The summed E-state index contributed by atoms with van der Waals surface area (Å²) in [4.78, 5) is 16.0. The zero-order valence-corrected chi connectivity index (χ0v) is 10.8.